The third kappa shape index (κ3) is 5.45. The molecule has 5 rings (SSSR count). The number of amides is 1. The van der Waals surface area contributed by atoms with Crippen molar-refractivity contribution in [2.24, 2.45) is 0 Å². The van der Waals surface area contributed by atoms with Gasteiger partial charge in [-0.1, -0.05) is 53.5 Å². The molecular weight excluding hydrogens is 483 g/mol. The molecule has 1 aliphatic rings. The van der Waals surface area contributed by atoms with Crippen LogP contribution in [0.25, 0.3) is 5.69 Å². The summed E-state index contributed by atoms with van der Waals surface area (Å²) in [6, 6.07) is 21.2. The first-order valence-corrected chi connectivity index (χ1v) is 12.5. The fraction of sp³-hybridized carbons (Fsp3) is 0.259. The lowest BCUT2D eigenvalue weighted by Gasteiger charge is -2.37. The molecule has 2 aromatic heterocycles. The Morgan fingerprint density at radius 2 is 1.80 bits per heavy atom. The predicted octanol–water partition coefficient (Wildman–Crippen LogP) is 6.13. The average Bonchev–Trinajstić information content (AvgIpc) is 3.59. The zero-order valence-corrected chi connectivity index (χ0v) is 20.7. The maximum Gasteiger partial charge on any atom is 0.295 e. The highest BCUT2D eigenvalue weighted by Crippen LogP contribution is 2.28. The van der Waals surface area contributed by atoms with Crippen molar-refractivity contribution in [2.75, 3.05) is 24.5 Å². The van der Waals surface area contributed by atoms with E-state index in [4.69, 9.17) is 32.7 Å². The lowest BCUT2D eigenvalue weighted by atomic mass is 10.0. The zero-order valence-electron chi connectivity index (χ0n) is 19.2. The van der Waals surface area contributed by atoms with Gasteiger partial charge < -0.3 is 9.32 Å². The number of likely N-dealkylation sites (tertiary alicyclic amines) is 1. The van der Waals surface area contributed by atoms with E-state index < -0.39 is 0 Å². The smallest absolute Gasteiger partial charge is 0.295 e. The minimum Gasteiger partial charge on any atom is -0.459 e. The molecule has 0 aliphatic carbocycles. The number of halogens is 2. The number of benzene rings is 2. The molecule has 0 bridgehead atoms. The number of rotatable bonds is 7. The van der Waals surface area contributed by atoms with E-state index in [1.165, 1.54) is 11.8 Å². The number of piperidine rings is 1. The van der Waals surface area contributed by atoms with Gasteiger partial charge in [-0.2, -0.15) is 0 Å². The van der Waals surface area contributed by atoms with Crippen LogP contribution in [0.2, 0.25) is 10.0 Å². The van der Waals surface area contributed by atoms with Crippen LogP contribution in [-0.2, 0) is 6.42 Å². The summed E-state index contributed by atoms with van der Waals surface area (Å²) in [5.74, 6) is 0.706. The van der Waals surface area contributed by atoms with Crippen LogP contribution in [0.4, 0.5) is 5.82 Å². The van der Waals surface area contributed by atoms with Crippen LogP contribution in [-0.4, -0.2) is 46.3 Å². The number of anilines is 1. The summed E-state index contributed by atoms with van der Waals surface area (Å²) in [6.07, 6.45) is 6.09. The predicted molar refractivity (Wildman–Crippen MR) is 139 cm³/mol. The first-order valence-electron chi connectivity index (χ1n) is 11.7. The number of furan rings is 1. The quantitative estimate of drug-likeness (QED) is 0.301. The Morgan fingerprint density at radius 1 is 1.00 bits per heavy atom. The first-order chi connectivity index (χ1) is 17.1. The van der Waals surface area contributed by atoms with Gasteiger partial charge in [0.2, 0.25) is 0 Å². The number of hydrogen-bond donors (Lipinski definition) is 0. The van der Waals surface area contributed by atoms with Crippen LogP contribution in [0.15, 0.2) is 83.6 Å². The highest BCUT2D eigenvalue weighted by Gasteiger charge is 2.32. The fourth-order valence-electron chi connectivity index (χ4n) is 4.52. The molecule has 180 valence electrons. The molecule has 1 saturated heterocycles. The van der Waals surface area contributed by atoms with Crippen LogP contribution < -0.4 is 4.90 Å². The number of hydrogen-bond acceptors (Lipinski definition) is 4. The highest BCUT2D eigenvalue weighted by atomic mass is 35.5. The lowest BCUT2D eigenvalue weighted by Crippen LogP contribution is -2.48. The molecule has 8 heteroatoms. The minimum absolute atomic E-state index is 0.0257. The van der Waals surface area contributed by atoms with Crippen LogP contribution in [0.5, 0.6) is 0 Å². The number of carbonyl (C=O) groups excluding carboxylic acids is 1. The Hall–Kier alpha value is -3.06. The molecule has 0 saturated carbocycles. The summed E-state index contributed by atoms with van der Waals surface area (Å²) in [4.78, 5) is 17.7. The second kappa shape index (κ2) is 10.7. The van der Waals surface area contributed by atoms with E-state index in [2.05, 4.69) is 29.2 Å². The van der Waals surface area contributed by atoms with Gasteiger partial charge in [-0.15, -0.1) is 5.10 Å². The molecule has 0 unspecified atom stereocenters. The molecule has 35 heavy (non-hydrogen) atoms. The zero-order chi connectivity index (χ0) is 24.2. The van der Waals surface area contributed by atoms with Crippen LogP contribution in [0, 0.1) is 0 Å². The van der Waals surface area contributed by atoms with Crippen LogP contribution in [0.1, 0.15) is 29.0 Å². The third-order valence-electron chi connectivity index (χ3n) is 6.42. The van der Waals surface area contributed by atoms with E-state index in [9.17, 15) is 4.79 Å². The summed E-state index contributed by atoms with van der Waals surface area (Å²) in [7, 11) is 0. The van der Waals surface area contributed by atoms with E-state index in [1.54, 1.807) is 33.8 Å². The molecule has 0 spiro atoms. The molecule has 0 radical (unpaired) electrons. The second-order valence-electron chi connectivity index (χ2n) is 8.68. The van der Waals surface area contributed by atoms with Crippen molar-refractivity contribution in [1.29, 1.82) is 0 Å². The van der Waals surface area contributed by atoms with Gasteiger partial charge in [-0.05, 0) is 55.2 Å². The second-order valence-corrected chi connectivity index (χ2v) is 9.49. The Balaban J connectivity index is 1.33. The normalized spacial score (nSPS) is 14.8. The maximum absolute atomic E-state index is 13.5. The standard InChI is InChI=1S/C27H26Cl2N4O2/c28-23-9-8-22(19-24(23)29)32-17-13-26(30-32)33(27(34)25-7-4-18-35-25)21-11-15-31(16-12-21)14-10-20-5-2-1-3-6-20/h1-9,13,17-19,21H,10-12,14-16H2. The minimum atomic E-state index is -0.183. The van der Waals surface area contributed by atoms with Crippen molar-refractivity contribution in [3.05, 3.63) is 101 Å². The Morgan fingerprint density at radius 3 is 2.51 bits per heavy atom. The van der Waals surface area contributed by atoms with Gasteiger partial charge in [0.05, 0.1) is 22.0 Å². The molecule has 1 fully saturated rings. The number of nitrogens with zero attached hydrogens (tertiary/aromatic N) is 4. The lowest BCUT2D eigenvalue weighted by molar-refractivity contribution is 0.0932. The summed E-state index contributed by atoms with van der Waals surface area (Å²) < 4.78 is 7.15. The molecule has 1 aliphatic heterocycles. The van der Waals surface area contributed by atoms with Gasteiger partial charge in [0.1, 0.15) is 0 Å². The van der Waals surface area contributed by atoms with Gasteiger partial charge in [0, 0.05) is 37.9 Å². The maximum atomic E-state index is 13.5. The number of aromatic nitrogens is 2. The Bertz CT molecular complexity index is 1270. The molecule has 0 N–H and O–H groups in total. The van der Waals surface area contributed by atoms with Crippen LogP contribution in [0.3, 0.4) is 0 Å². The van der Waals surface area contributed by atoms with Crippen molar-refractivity contribution in [3.63, 3.8) is 0 Å². The Kier molecular flexibility index (Phi) is 7.23. The third-order valence-corrected chi connectivity index (χ3v) is 7.16. The molecule has 4 aromatic rings. The molecular formula is C27H26Cl2N4O2. The Labute approximate surface area is 214 Å². The van der Waals surface area contributed by atoms with E-state index in [0.717, 1.165) is 44.6 Å². The van der Waals surface area contributed by atoms with Crippen molar-refractivity contribution >= 4 is 34.9 Å². The summed E-state index contributed by atoms with van der Waals surface area (Å²) >= 11 is 12.3. The van der Waals surface area contributed by atoms with Gasteiger partial charge in [-0.3, -0.25) is 9.69 Å². The SMILES string of the molecule is O=C(c1ccco1)N(c1ccn(-c2ccc(Cl)c(Cl)c2)n1)C1CCN(CCc2ccccc2)CC1. The summed E-state index contributed by atoms with van der Waals surface area (Å²) in [5.41, 5.74) is 2.11. The van der Waals surface area contributed by atoms with Crippen molar-refractivity contribution in [3.8, 4) is 5.69 Å². The van der Waals surface area contributed by atoms with Gasteiger partial charge in [0.15, 0.2) is 11.6 Å². The van der Waals surface area contributed by atoms with Crippen molar-refractivity contribution < 1.29 is 9.21 Å². The summed E-state index contributed by atoms with van der Waals surface area (Å²) in [6.45, 7) is 2.86. The van der Waals surface area contributed by atoms with E-state index in [1.807, 2.05) is 24.4 Å². The van der Waals surface area contributed by atoms with Crippen molar-refractivity contribution in [1.82, 2.24) is 14.7 Å². The van der Waals surface area contributed by atoms with E-state index >= 15 is 0 Å². The topological polar surface area (TPSA) is 54.5 Å². The van der Waals surface area contributed by atoms with E-state index in [-0.39, 0.29) is 11.9 Å². The van der Waals surface area contributed by atoms with Gasteiger partial charge in [-0.25, -0.2) is 4.68 Å². The molecule has 1 amide bonds. The summed E-state index contributed by atoms with van der Waals surface area (Å²) in [5, 5.41) is 5.65. The highest BCUT2D eigenvalue weighted by molar-refractivity contribution is 6.42. The van der Waals surface area contributed by atoms with Crippen LogP contribution >= 0.6 is 23.2 Å². The van der Waals surface area contributed by atoms with E-state index in [0.29, 0.717) is 21.6 Å². The van der Waals surface area contributed by atoms with Gasteiger partial charge >= 0.3 is 0 Å². The molecule has 3 heterocycles. The van der Waals surface area contributed by atoms with Crippen molar-refractivity contribution in [2.45, 2.75) is 25.3 Å². The first kappa shape index (κ1) is 23.7. The monoisotopic (exact) mass is 508 g/mol. The largest absolute Gasteiger partial charge is 0.459 e. The molecule has 0 atom stereocenters. The molecule has 6 nitrogen and oxygen atoms in total. The molecule has 2 aromatic carbocycles. The van der Waals surface area contributed by atoms with Gasteiger partial charge in [0.25, 0.3) is 5.91 Å². The fourth-order valence-corrected chi connectivity index (χ4v) is 4.82. The number of carbonyl (C=O) groups is 1. The average molecular weight is 509 g/mol.